The number of nitrogens with zero attached hydrogens (tertiary/aromatic N) is 1. The fraction of sp³-hybridized carbons (Fsp3) is 0.125. The fourth-order valence-electron chi connectivity index (χ4n) is 0.712. The Labute approximate surface area is 59.9 Å². The fourth-order valence-corrected chi connectivity index (χ4v) is 0.712. The topological polar surface area (TPSA) is 32.6 Å². The van der Waals surface area contributed by atoms with E-state index in [4.69, 9.17) is 5.11 Å². The number of phenols is 1. The first-order valence-corrected chi connectivity index (χ1v) is 3.11. The van der Waals surface area contributed by atoms with Crippen molar-refractivity contribution < 1.29 is 5.11 Å². The summed E-state index contributed by atoms with van der Waals surface area (Å²) in [6, 6.07) is 6.98. The molecule has 0 aromatic heterocycles. The number of para-hydroxylation sites is 2. The molecule has 0 heterocycles. The van der Waals surface area contributed by atoms with E-state index in [1.54, 1.807) is 24.4 Å². The molecule has 1 aromatic carbocycles. The van der Waals surface area contributed by atoms with Crippen LogP contribution in [0, 0.1) is 0 Å². The van der Waals surface area contributed by atoms with Crippen LogP contribution in [0.5, 0.6) is 5.75 Å². The van der Waals surface area contributed by atoms with Gasteiger partial charge in [0.1, 0.15) is 11.4 Å². The van der Waals surface area contributed by atoms with Gasteiger partial charge in [0.15, 0.2) is 0 Å². The Morgan fingerprint density at radius 3 is 2.70 bits per heavy atom. The number of rotatable bonds is 1. The average Bonchev–Trinajstić information content (AvgIpc) is 1.94. The van der Waals surface area contributed by atoms with Crippen LogP contribution >= 0.6 is 0 Å². The van der Waals surface area contributed by atoms with Crippen molar-refractivity contribution in [3.63, 3.8) is 0 Å². The Balaban J connectivity index is 3.03. The molecule has 0 spiro atoms. The summed E-state index contributed by atoms with van der Waals surface area (Å²) in [6.45, 7) is 1.81. The molecule has 0 radical (unpaired) electrons. The van der Waals surface area contributed by atoms with Gasteiger partial charge in [-0.3, -0.25) is 4.99 Å². The zero-order valence-electron chi connectivity index (χ0n) is 5.78. The highest BCUT2D eigenvalue weighted by molar-refractivity contribution is 5.63. The molecule has 2 nitrogen and oxygen atoms in total. The lowest BCUT2D eigenvalue weighted by Crippen LogP contribution is -1.66. The Kier molecular flexibility index (Phi) is 2.05. The first-order valence-electron chi connectivity index (χ1n) is 3.11. The molecule has 0 fully saturated rings. The van der Waals surface area contributed by atoms with E-state index >= 15 is 0 Å². The molecule has 0 saturated heterocycles. The summed E-state index contributed by atoms with van der Waals surface area (Å²) in [7, 11) is 0. The maximum absolute atomic E-state index is 9.13. The standard InChI is InChI=1S/C8H9NO/c1-2-9-7-5-3-4-6-8(7)10/h2-6,10H,1H3/b9-2-. The van der Waals surface area contributed by atoms with Gasteiger partial charge in [0.25, 0.3) is 0 Å². The molecule has 0 saturated carbocycles. The SMILES string of the molecule is C/C=N\c1ccccc1O. The Morgan fingerprint density at radius 2 is 2.10 bits per heavy atom. The third kappa shape index (κ3) is 1.35. The number of aromatic hydroxyl groups is 1. The van der Waals surface area contributed by atoms with Gasteiger partial charge in [-0.25, -0.2) is 0 Å². The predicted molar refractivity (Wildman–Crippen MR) is 41.9 cm³/mol. The van der Waals surface area contributed by atoms with Crippen molar-refractivity contribution in [1.82, 2.24) is 0 Å². The van der Waals surface area contributed by atoms with Crippen molar-refractivity contribution in [3.8, 4) is 5.75 Å². The molecule has 0 aliphatic carbocycles. The molecule has 0 aliphatic rings. The highest BCUT2D eigenvalue weighted by Gasteiger charge is 1.92. The predicted octanol–water partition coefficient (Wildman–Crippen LogP) is 2.11. The van der Waals surface area contributed by atoms with Crippen molar-refractivity contribution in [2.24, 2.45) is 4.99 Å². The minimum atomic E-state index is 0.223. The summed E-state index contributed by atoms with van der Waals surface area (Å²) in [6.07, 6.45) is 1.65. The summed E-state index contributed by atoms with van der Waals surface area (Å²) < 4.78 is 0. The van der Waals surface area contributed by atoms with Crippen molar-refractivity contribution in [2.45, 2.75) is 6.92 Å². The molecular formula is C8H9NO. The van der Waals surface area contributed by atoms with E-state index in [1.165, 1.54) is 0 Å². The molecule has 1 N–H and O–H groups in total. The zero-order valence-corrected chi connectivity index (χ0v) is 5.78. The third-order valence-corrected chi connectivity index (χ3v) is 1.15. The monoisotopic (exact) mass is 135 g/mol. The average molecular weight is 135 g/mol. The molecule has 0 atom stereocenters. The van der Waals surface area contributed by atoms with Gasteiger partial charge in [-0.15, -0.1) is 0 Å². The lowest BCUT2D eigenvalue weighted by Gasteiger charge is -1.94. The summed E-state index contributed by atoms with van der Waals surface area (Å²) in [5.41, 5.74) is 0.616. The van der Waals surface area contributed by atoms with E-state index in [1.807, 2.05) is 13.0 Å². The van der Waals surface area contributed by atoms with E-state index < -0.39 is 0 Å². The lowest BCUT2D eigenvalue weighted by atomic mass is 10.3. The maximum Gasteiger partial charge on any atom is 0.141 e. The molecule has 0 unspecified atom stereocenters. The summed E-state index contributed by atoms with van der Waals surface area (Å²) in [5, 5.41) is 9.13. The lowest BCUT2D eigenvalue weighted by molar-refractivity contribution is 0.477. The molecule has 1 aromatic rings. The third-order valence-electron chi connectivity index (χ3n) is 1.15. The van der Waals surface area contributed by atoms with E-state index in [-0.39, 0.29) is 5.75 Å². The van der Waals surface area contributed by atoms with Crippen molar-refractivity contribution in [2.75, 3.05) is 0 Å². The molecule has 52 valence electrons. The maximum atomic E-state index is 9.13. The van der Waals surface area contributed by atoms with Gasteiger partial charge in [-0.1, -0.05) is 12.1 Å². The molecule has 0 bridgehead atoms. The van der Waals surface area contributed by atoms with Crippen LogP contribution in [0.3, 0.4) is 0 Å². The van der Waals surface area contributed by atoms with Gasteiger partial charge in [-0.2, -0.15) is 0 Å². The summed E-state index contributed by atoms with van der Waals surface area (Å²) >= 11 is 0. The van der Waals surface area contributed by atoms with Crippen LogP contribution in [0.25, 0.3) is 0 Å². The Bertz CT molecular complexity index is 243. The molecule has 1 rings (SSSR count). The second-order valence-corrected chi connectivity index (χ2v) is 1.88. The van der Waals surface area contributed by atoms with Gasteiger partial charge in [0, 0.05) is 6.21 Å². The van der Waals surface area contributed by atoms with Crippen molar-refractivity contribution >= 4 is 11.9 Å². The summed E-state index contributed by atoms with van der Waals surface area (Å²) in [4.78, 5) is 3.93. The van der Waals surface area contributed by atoms with Gasteiger partial charge in [0.05, 0.1) is 0 Å². The zero-order chi connectivity index (χ0) is 7.40. The second-order valence-electron chi connectivity index (χ2n) is 1.88. The van der Waals surface area contributed by atoms with Crippen LogP contribution in [-0.4, -0.2) is 11.3 Å². The van der Waals surface area contributed by atoms with Gasteiger partial charge < -0.3 is 5.11 Å². The normalized spacial score (nSPS) is 10.5. The minimum absolute atomic E-state index is 0.223. The van der Waals surface area contributed by atoms with Crippen LogP contribution in [0.2, 0.25) is 0 Å². The molecule has 0 amide bonds. The molecule has 2 heteroatoms. The van der Waals surface area contributed by atoms with Crippen molar-refractivity contribution in [1.29, 1.82) is 0 Å². The van der Waals surface area contributed by atoms with E-state index in [0.717, 1.165) is 0 Å². The van der Waals surface area contributed by atoms with Crippen LogP contribution in [0.1, 0.15) is 6.92 Å². The quantitative estimate of drug-likeness (QED) is 0.588. The molecular weight excluding hydrogens is 126 g/mol. The highest BCUT2D eigenvalue weighted by Crippen LogP contribution is 2.23. The molecule has 10 heavy (non-hydrogen) atoms. The highest BCUT2D eigenvalue weighted by atomic mass is 16.3. The largest absolute Gasteiger partial charge is 0.506 e. The first kappa shape index (κ1) is 6.81. The second kappa shape index (κ2) is 3.01. The van der Waals surface area contributed by atoms with Gasteiger partial charge >= 0.3 is 0 Å². The van der Waals surface area contributed by atoms with Crippen LogP contribution < -0.4 is 0 Å². The number of hydrogen-bond acceptors (Lipinski definition) is 2. The van der Waals surface area contributed by atoms with E-state index in [0.29, 0.717) is 5.69 Å². The van der Waals surface area contributed by atoms with Crippen LogP contribution in [0.15, 0.2) is 29.3 Å². The molecule has 0 aliphatic heterocycles. The van der Waals surface area contributed by atoms with Crippen LogP contribution in [-0.2, 0) is 0 Å². The number of phenolic OH excluding ortho intramolecular Hbond substituents is 1. The first-order chi connectivity index (χ1) is 4.84. The van der Waals surface area contributed by atoms with Crippen LogP contribution in [0.4, 0.5) is 5.69 Å². The summed E-state index contributed by atoms with van der Waals surface area (Å²) in [5.74, 6) is 0.223. The number of hydrogen-bond donors (Lipinski definition) is 1. The van der Waals surface area contributed by atoms with E-state index in [2.05, 4.69) is 4.99 Å². The Morgan fingerprint density at radius 1 is 1.40 bits per heavy atom. The number of aliphatic imine (C=N–C) groups is 1. The van der Waals surface area contributed by atoms with Gasteiger partial charge in [0.2, 0.25) is 0 Å². The van der Waals surface area contributed by atoms with Crippen molar-refractivity contribution in [3.05, 3.63) is 24.3 Å². The Hall–Kier alpha value is -1.31. The van der Waals surface area contributed by atoms with E-state index in [9.17, 15) is 0 Å². The van der Waals surface area contributed by atoms with Gasteiger partial charge in [-0.05, 0) is 19.1 Å². The minimum Gasteiger partial charge on any atom is -0.506 e. The number of benzene rings is 1. The smallest absolute Gasteiger partial charge is 0.141 e.